The van der Waals surface area contributed by atoms with E-state index in [4.69, 9.17) is 4.74 Å². The summed E-state index contributed by atoms with van der Waals surface area (Å²) in [5.74, 6) is -0.627. The number of ether oxygens (including phenoxy) is 1. The Kier molecular flexibility index (Phi) is 7.27. The van der Waals surface area contributed by atoms with Crippen LogP contribution in [-0.2, 0) is 11.3 Å². The van der Waals surface area contributed by atoms with Gasteiger partial charge in [0.1, 0.15) is 11.5 Å². The molecule has 1 N–H and O–H groups in total. The van der Waals surface area contributed by atoms with Crippen LogP contribution in [0.5, 0.6) is 0 Å². The molecule has 178 valence electrons. The Morgan fingerprint density at radius 3 is 2.50 bits per heavy atom. The van der Waals surface area contributed by atoms with E-state index in [1.165, 1.54) is 12.1 Å². The van der Waals surface area contributed by atoms with Crippen molar-refractivity contribution < 1.29 is 18.7 Å². The average Bonchev–Trinajstić information content (AvgIpc) is 3.25. The number of nitrogens with zero attached hydrogens (tertiary/aromatic N) is 1. The maximum Gasteiger partial charge on any atom is 0.268 e. The zero-order chi connectivity index (χ0) is 24.2. The van der Waals surface area contributed by atoms with Gasteiger partial charge in [-0.1, -0.05) is 56.3 Å². The summed E-state index contributed by atoms with van der Waals surface area (Å²) in [4.78, 5) is 26.7. The second-order valence-corrected chi connectivity index (χ2v) is 8.92. The number of hydrogen-bond donors (Lipinski definition) is 1. The molecule has 0 bridgehead atoms. The van der Waals surface area contributed by atoms with Gasteiger partial charge in [0, 0.05) is 18.5 Å². The van der Waals surface area contributed by atoms with Crippen molar-refractivity contribution in [2.24, 2.45) is 0 Å². The van der Waals surface area contributed by atoms with Gasteiger partial charge in [-0.2, -0.15) is 0 Å². The summed E-state index contributed by atoms with van der Waals surface area (Å²) in [5.41, 5.74) is 3.71. The molecule has 5 nitrogen and oxygen atoms in total. The maximum atomic E-state index is 13.4. The van der Waals surface area contributed by atoms with Crippen molar-refractivity contribution >= 4 is 11.7 Å². The van der Waals surface area contributed by atoms with Crippen LogP contribution in [0.2, 0.25) is 0 Å². The molecular weight excluding hydrogens is 431 g/mol. The average molecular weight is 463 g/mol. The number of benzene rings is 2. The molecule has 1 aliphatic heterocycles. The predicted octanol–water partition coefficient (Wildman–Crippen LogP) is 5.98. The van der Waals surface area contributed by atoms with Gasteiger partial charge in [0.15, 0.2) is 5.78 Å². The molecular formula is C28H31FN2O3. The summed E-state index contributed by atoms with van der Waals surface area (Å²) in [5, 5.41) is 3.14. The highest BCUT2D eigenvalue weighted by Gasteiger charge is 2.31. The standard InChI is InChI=1S/C28H31FN2O3/c1-4-24(21-8-6-5-7-9-21)30-28(33)25-17-23(27-19(3)34-15-14-31(25)27)26(32)16-18(2)20-10-12-22(29)13-11-20/h5-13,17-19,24H,4,14-16H2,1-3H3,(H,30,33)/t18-,19?,24+/m0/s1. The number of ketones is 1. The number of nitrogens with one attached hydrogen (secondary N) is 1. The molecule has 0 radical (unpaired) electrons. The molecule has 0 fully saturated rings. The zero-order valence-corrected chi connectivity index (χ0v) is 19.9. The van der Waals surface area contributed by atoms with Crippen LogP contribution < -0.4 is 5.32 Å². The SMILES string of the molecule is CC[C@@H](NC(=O)c1cc(C(=O)C[C@H](C)c2ccc(F)cc2)c2n1CCOC2C)c1ccccc1. The number of aromatic nitrogens is 1. The molecule has 3 atom stereocenters. The lowest BCUT2D eigenvalue weighted by Crippen LogP contribution is -2.32. The Bertz CT molecular complexity index is 1150. The summed E-state index contributed by atoms with van der Waals surface area (Å²) in [6.45, 7) is 6.90. The smallest absolute Gasteiger partial charge is 0.268 e. The Balaban J connectivity index is 1.60. The van der Waals surface area contributed by atoms with Crippen molar-refractivity contribution in [3.05, 3.63) is 94.6 Å². The topological polar surface area (TPSA) is 60.3 Å². The van der Waals surface area contributed by atoms with Crippen LogP contribution in [0.3, 0.4) is 0 Å². The second-order valence-electron chi connectivity index (χ2n) is 8.92. The van der Waals surface area contributed by atoms with E-state index in [1.807, 2.05) is 55.7 Å². The molecule has 1 aromatic heterocycles. The zero-order valence-electron chi connectivity index (χ0n) is 19.9. The molecule has 0 aliphatic carbocycles. The Labute approximate surface area is 199 Å². The van der Waals surface area contributed by atoms with Crippen LogP contribution >= 0.6 is 0 Å². The molecule has 3 aromatic rings. The van der Waals surface area contributed by atoms with E-state index in [9.17, 15) is 14.0 Å². The van der Waals surface area contributed by atoms with Crippen LogP contribution in [0.25, 0.3) is 0 Å². The molecule has 1 aliphatic rings. The fraction of sp³-hybridized carbons (Fsp3) is 0.357. The van der Waals surface area contributed by atoms with Gasteiger partial charge in [-0.3, -0.25) is 9.59 Å². The van der Waals surface area contributed by atoms with Crippen LogP contribution in [0.1, 0.15) is 89.3 Å². The predicted molar refractivity (Wildman–Crippen MR) is 130 cm³/mol. The van der Waals surface area contributed by atoms with Gasteiger partial charge >= 0.3 is 0 Å². The van der Waals surface area contributed by atoms with Gasteiger partial charge in [0.25, 0.3) is 5.91 Å². The normalized spacial score (nSPS) is 17.0. The molecule has 6 heteroatoms. The lowest BCUT2D eigenvalue weighted by molar-refractivity contribution is 0.0310. The van der Waals surface area contributed by atoms with Crippen LogP contribution in [0, 0.1) is 5.82 Å². The summed E-state index contributed by atoms with van der Waals surface area (Å²) in [7, 11) is 0. The highest BCUT2D eigenvalue weighted by Crippen LogP contribution is 2.32. The number of Topliss-reactive ketones (excluding diaryl/α,β-unsaturated/α-hetero) is 1. The number of rotatable bonds is 8. The lowest BCUT2D eigenvalue weighted by atomic mass is 9.92. The molecule has 0 spiro atoms. The number of carbonyl (C=O) groups is 2. The van der Waals surface area contributed by atoms with E-state index < -0.39 is 0 Å². The van der Waals surface area contributed by atoms with Crippen LogP contribution in [-0.4, -0.2) is 22.9 Å². The van der Waals surface area contributed by atoms with E-state index in [0.717, 1.165) is 23.2 Å². The first-order valence-corrected chi connectivity index (χ1v) is 11.9. The Morgan fingerprint density at radius 2 is 1.82 bits per heavy atom. The van der Waals surface area contributed by atoms with Crippen molar-refractivity contribution in [1.82, 2.24) is 9.88 Å². The first-order valence-electron chi connectivity index (χ1n) is 11.9. The quantitative estimate of drug-likeness (QED) is 0.419. The minimum atomic E-state index is -0.300. The maximum absolute atomic E-state index is 13.4. The van der Waals surface area contributed by atoms with Crippen LogP contribution in [0.15, 0.2) is 60.7 Å². The molecule has 34 heavy (non-hydrogen) atoms. The lowest BCUT2D eigenvalue weighted by Gasteiger charge is -2.25. The number of halogens is 1. The van der Waals surface area contributed by atoms with E-state index in [0.29, 0.717) is 24.4 Å². The van der Waals surface area contributed by atoms with Gasteiger partial charge < -0.3 is 14.6 Å². The largest absolute Gasteiger partial charge is 0.370 e. The van der Waals surface area contributed by atoms with E-state index in [2.05, 4.69) is 5.32 Å². The molecule has 4 rings (SSSR count). The fourth-order valence-corrected chi connectivity index (χ4v) is 4.69. The number of amides is 1. The number of carbonyl (C=O) groups excluding carboxylic acids is 2. The van der Waals surface area contributed by atoms with Crippen molar-refractivity contribution in [1.29, 1.82) is 0 Å². The van der Waals surface area contributed by atoms with Gasteiger partial charge in [-0.05, 0) is 48.6 Å². The molecule has 2 heterocycles. The molecule has 0 saturated heterocycles. The van der Waals surface area contributed by atoms with Gasteiger partial charge in [0.05, 0.1) is 24.4 Å². The summed E-state index contributed by atoms with van der Waals surface area (Å²) in [6.07, 6.45) is 0.730. The first-order chi connectivity index (χ1) is 16.4. The third kappa shape index (κ3) is 4.97. The molecule has 1 amide bonds. The highest BCUT2D eigenvalue weighted by molar-refractivity contribution is 6.02. The van der Waals surface area contributed by atoms with Crippen molar-refractivity contribution in [3.8, 4) is 0 Å². The fourth-order valence-electron chi connectivity index (χ4n) is 4.69. The van der Waals surface area contributed by atoms with Gasteiger partial charge in [-0.15, -0.1) is 0 Å². The third-order valence-corrected chi connectivity index (χ3v) is 6.59. The second kappa shape index (κ2) is 10.3. The number of hydrogen-bond acceptors (Lipinski definition) is 3. The monoisotopic (exact) mass is 462 g/mol. The molecule has 2 aromatic carbocycles. The first kappa shape index (κ1) is 23.9. The summed E-state index contributed by atoms with van der Waals surface area (Å²) < 4.78 is 21.0. The van der Waals surface area contributed by atoms with E-state index in [1.54, 1.807) is 18.2 Å². The van der Waals surface area contributed by atoms with Crippen molar-refractivity contribution in [3.63, 3.8) is 0 Å². The van der Waals surface area contributed by atoms with Gasteiger partial charge in [0.2, 0.25) is 0 Å². The minimum Gasteiger partial charge on any atom is -0.370 e. The van der Waals surface area contributed by atoms with Crippen LogP contribution in [0.4, 0.5) is 4.39 Å². The summed E-state index contributed by atoms with van der Waals surface area (Å²) >= 11 is 0. The highest BCUT2D eigenvalue weighted by atomic mass is 19.1. The van der Waals surface area contributed by atoms with E-state index in [-0.39, 0.29) is 42.0 Å². The summed E-state index contributed by atoms with van der Waals surface area (Å²) in [6, 6.07) is 17.7. The number of fused-ring (bicyclic) bond motifs is 1. The van der Waals surface area contributed by atoms with E-state index >= 15 is 0 Å². The molecule has 0 saturated carbocycles. The van der Waals surface area contributed by atoms with Crippen molar-refractivity contribution in [2.45, 2.75) is 58.2 Å². The minimum absolute atomic E-state index is 0.0490. The third-order valence-electron chi connectivity index (χ3n) is 6.59. The molecule has 1 unspecified atom stereocenters. The van der Waals surface area contributed by atoms with Crippen molar-refractivity contribution in [2.75, 3.05) is 6.61 Å². The Morgan fingerprint density at radius 1 is 1.12 bits per heavy atom. The van der Waals surface area contributed by atoms with Gasteiger partial charge in [-0.25, -0.2) is 4.39 Å². The Hall–Kier alpha value is -3.25.